The van der Waals surface area contributed by atoms with Crippen molar-refractivity contribution >= 4 is 0 Å². The molecular weight excluding hydrogens is 260 g/mol. The van der Waals surface area contributed by atoms with Gasteiger partial charge in [0.15, 0.2) is 0 Å². The van der Waals surface area contributed by atoms with Gasteiger partial charge in [-0.3, -0.25) is 0 Å². The van der Waals surface area contributed by atoms with Gasteiger partial charge in [-0.15, -0.1) is 5.10 Å². The number of benzene rings is 1. The van der Waals surface area contributed by atoms with E-state index >= 15 is 0 Å². The van der Waals surface area contributed by atoms with Crippen molar-refractivity contribution in [1.82, 2.24) is 10.2 Å². The highest BCUT2D eigenvalue weighted by Gasteiger charge is 1.96. The quantitative estimate of drug-likeness (QED) is 0.620. The molecule has 0 N–H and O–H groups in total. The lowest BCUT2D eigenvalue weighted by Gasteiger charge is -1.98. The maximum Gasteiger partial charge on any atom is 0.136 e. The van der Waals surface area contributed by atoms with Gasteiger partial charge in [-0.1, -0.05) is 25.7 Å². The fourth-order valence-corrected chi connectivity index (χ4v) is 1.93. The second-order valence-electron chi connectivity index (χ2n) is 4.85. The largest absolute Gasteiger partial charge is 0.497 e. The third-order valence-electron chi connectivity index (χ3n) is 3.18. The number of hydrogen-bond acceptors (Lipinski definition) is 3. The lowest BCUT2D eigenvalue weighted by atomic mass is 10.1. The summed E-state index contributed by atoms with van der Waals surface area (Å²) < 4.78 is 5.11. The molecule has 1 aromatic carbocycles. The van der Waals surface area contributed by atoms with Crippen LogP contribution in [0.3, 0.4) is 0 Å². The number of nitrogens with zero attached hydrogens (tertiary/aromatic N) is 2. The van der Waals surface area contributed by atoms with Crippen LogP contribution in [0.15, 0.2) is 36.4 Å². The molecule has 0 radical (unpaired) electrons. The minimum absolute atomic E-state index is 0.699. The predicted octanol–water partition coefficient (Wildman–Crippen LogP) is 3.62. The highest BCUT2D eigenvalue weighted by Crippen LogP contribution is 2.10. The van der Waals surface area contributed by atoms with E-state index in [2.05, 4.69) is 29.0 Å². The van der Waals surface area contributed by atoms with Gasteiger partial charge < -0.3 is 4.74 Å². The van der Waals surface area contributed by atoms with E-state index in [4.69, 9.17) is 4.74 Å². The highest BCUT2D eigenvalue weighted by atomic mass is 16.5. The maximum atomic E-state index is 5.11. The normalized spacial score (nSPS) is 9.81. The molecule has 0 saturated carbocycles. The molecule has 2 rings (SSSR count). The fraction of sp³-hybridized carbons (Fsp3) is 0.333. The van der Waals surface area contributed by atoms with E-state index in [0.717, 1.165) is 23.4 Å². The summed E-state index contributed by atoms with van der Waals surface area (Å²) in [5.74, 6) is 6.93. The Labute approximate surface area is 126 Å². The summed E-state index contributed by atoms with van der Waals surface area (Å²) in [6, 6.07) is 11.6. The van der Waals surface area contributed by atoms with Gasteiger partial charge in [0.2, 0.25) is 0 Å². The van der Waals surface area contributed by atoms with Crippen LogP contribution in [0.2, 0.25) is 0 Å². The summed E-state index contributed by atoms with van der Waals surface area (Å²) in [5, 5.41) is 8.38. The average molecular weight is 280 g/mol. The van der Waals surface area contributed by atoms with Crippen molar-refractivity contribution in [2.45, 2.75) is 32.6 Å². The zero-order valence-corrected chi connectivity index (χ0v) is 12.6. The Morgan fingerprint density at radius 1 is 0.952 bits per heavy atom. The van der Waals surface area contributed by atoms with Crippen LogP contribution in [-0.4, -0.2) is 17.3 Å². The molecule has 0 saturated heterocycles. The van der Waals surface area contributed by atoms with E-state index in [9.17, 15) is 0 Å². The van der Waals surface area contributed by atoms with Gasteiger partial charge in [0, 0.05) is 5.56 Å². The summed E-state index contributed by atoms with van der Waals surface area (Å²) >= 11 is 0. The smallest absolute Gasteiger partial charge is 0.136 e. The molecule has 0 spiro atoms. The number of hydrogen-bond donors (Lipinski definition) is 0. The monoisotopic (exact) mass is 280 g/mol. The van der Waals surface area contributed by atoms with E-state index in [0.29, 0.717) is 5.69 Å². The summed E-state index contributed by atoms with van der Waals surface area (Å²) in [4.78, 5) is 0. The Balaban J connectivity index is 1.98. The first-order valence-corrected chi connectivity index (χ1v) is 7.30. The molecule has 3 heteroatoms. The maximum absolute atomic E-state index is 5.11. The number of unbranched alkanes of at least 4 members (excludes halogenated alkanes) is 2. The van der Waals surface area contributed by atoms with Crippen LogP contribution in [-0.2, 0) is 6.42 Å². The summed E-state index contributed by atoms with van der Waals surface area (Å²) in [7, 11) is 1.65. The summed E-state index contributed by atoms with van der Waals surface area (Å²) in [6.45, 7) is 2.20. The first kappa shape index (κ1) is 15.1. The van der Waals surface area contributed by atoms with Crippen LogP contribution in [0, 0.1) is 11.8 Å². The van der Waals surface area contributed by atoms with Gasteiger partial charge in [0.1, 0.15) is 11.4 Å². The molecule has 0 atom stereocenters. The minimum atomic E-state index is 0.699. The van der Waals surface area contributed by atoms with Crippen molar-refractivity contribution in [1.29, 1.82) is 0 Å². The van der Waals surface area contributed by atoms with Crippen molar-refractivity contribution in [3.05, 3.63) is 53.3 Å². The molecule has 2 aromatic rings. The Kier molecular flexibility index (Phi) is 5.78. The van der Waals surface area contributed by atoms with E-state index in [1.54, 1.807) is 7.11 Å². The van der Waals surface area contributed by atoms with E-state index in [1.807, 2.05) is 36.4 Å². The minimum Gasteiger partial charge on any atom is -0.497 e. The van der Waals surface area contributed by atoms with Gasteiger partial charge in [0.05, 0.1) is 12.8 Å². The van der Waals surface area contributed by atoms with Crippen molar-refractivity contribution in [2.24, 2.45) is 0 Å². The fourth-order valence-electron chi connectivity index (χ4n) is 1.93. The number of ether oxygens (including phenoxy) is 1. The zero-order valence-electron chi connectivity index (χ0n) is 12.6. The first-order chi connectivity index (χ1) is 10.3. The second-order valence-corrected chi connectivity index (χ2v) is 4.85. The van der Waals surface area contributed by atoms with E-state index in [-0.39, 0.29) is 0 Å². The van der Waals surface area contributed by atoms with Gasteiger partial charge in [-0.05, 0) is 55.2 Å². The Bertz CT molecular complexity index is 606. The molecule has 0 bridgehead atoms. The molecule has 0 aliphatic heterocycles. The number of methoxy groups -OCH3 is 1. The topological polar surface area (TPSA) is 35.0 Å². The van der Waals surface area contributed by atoms with Gasteiger partial charge >= 0.3 is 0 Å². The molecule has 0 fully saturated rings. The molecule has 108 valence electrons. The van der Waals surface area contributed by atoms with Crippen molar-refractivity contribution in [2.75, 3.05) is 7.11 Å². The van der Waals surface area contributed by atoms with Crippen LogP contribution < -0.4 is 4.74 Å². The van der Waals surface area contributed by atoms with Crippen LogP contribution >= 0.6 is 0 Å². The average Bonchev–Trinajstić information content (AvgIpc) is 2.55. The van der Waals surface area contributed by atoms with Gasteiger partial charge in [0.25, 0.3) is 0 Å². The molecular formula is C18H20N2O. The predicted molar refractivity (Wildman–Crippen MR) is 84.2 cm³/mol. The lowest BCUT2D eigenvalue weighted by molar-refractivity contribution is 0.415. The Morgan fingerprint density at radius 2 is 1.76 bits per heavy atom. The molecule has 0 aliphatic rings. The first-order valence-electron chi connectivity index (χ1n) is 7.30. The number of aromatic nitrogens is 2. The number of rotatable bonds is 5. The van der Waals surface area contributed by atoms with E-state index < -0.39 is 0 Å². The Hall–Kier alpha value is -2.34. The Morgan fingerprint density at radius 3 is 2.38 bits per heavy atom. The molecule has 21 heavy (non-hydrogen) atoms. The third-order valence-corrected chi connectivity index (χ3v) is 3.18. The van der Waals surface area contributed by atoms with Crippen LogP contribution in [0.5, 0.6) is 5.75 Å². The molecule has 0 unspecified atom stereocenters. The lowest BCUT2D eigenvalue weighted by Crippen LogP contribution is -1.95. The standard InChI is InChI=1S/C18H20N2O/c1-3-4-5-6-16-11-12-17(20-19-16)10-7-15-8-13-18(21-2)14-9-15/h8-9,11-14H,3-6H2,1-2H3. The van der Waals surface area contributed by atoms with Gasteiger partial charge in [-0.2, -0.15) is 5.10 Å². The molecule has 0 aliphatic carbocycles. The van der Waals surface area contributed by atoms with Crippen molar-refractivity contribution in [3.63, 3.8) is 0 Å². The summed E-state index contributed by atoms with van der Waals surface area (Å²) in [6.07, 6.45) is 4.62. The van der Waals surface area contributed by atoms with Gasteiger partial charge in [-0.25, -0.2) is 0 Å². The SMILES string of the molecule is CCCCCc1ccc(C#Cc2ccc(OC)cc2)nn1. The second kappa shape index (κ2) is 8.06. The van der Waals surface area contributed by atoms with Crippen molar-refractivity contribution in [3.8, 4) is 17.6 Å². The van der Waals surface area contributed by atoms with Crippen molar-refractivity contribution < 1.29 is 4.74 Å². The number of aryl methyl sites for hydroxylation is 1. The van der Waals surface area contributed by atoms with Crippen LogP contribution in [0.4, 0.5) is 0 Å². The zero-order chi connectivity index (χ0) is 14.9. The van der Waals surface area contributed by atoms with Crippen LogP contribution in [0.25, 0.3) is 0 Å². The molecule has 1 aromatic heterocycles. The highest BCUT2D eigenvalue weighted by molar-refractivity contribution is 5.42. The molecule has 1 heterocycles. The van der Waals surface area contributed by atoms with Crippen LogP contribution in [0.1, 0.15) is 43.1 Å². The summed E-state index contributed by atoms with van der Waals surface area (Å²) in [5.41, 5.74) is 2.67. The molecule has 3 nitrogen and oxygen atoms in total. The molecule has 0 amide bonds. The third kappa shape index (κ3) is 4.92. The van der Waals surface area contributed by atoms with E-state index in [1.165, 1.54) is 19.3 Å².